The summed E-state index contributed by atoms with van der Waals surface area (Å²) < 4.78 is 16.8. The zero-order valence-electron chi connectivity index (χ0n) is 17.9. The Labute approximate surface area is 190 Å². The van der Waals surface area contributed by atoms with Crippen LogP contribution < -0.4 is 9.47 Å². The van der Waals surface area contributed by atoms with Crippen LogP contribution in [0.4, 0.5) is 0 Å². The van der Waals surface area contributed by atoms with E-state index in [9.17, 15) is 4.79 Å². The highest BCUT2D eigenvalue weighted by Crippen LogP contribution is 2.30. The average molecular weight is 450 g/mol. The number of ether oxygens (including phenoxy) is 2. The predicted octanol–water partition coefficient (Wildman–Crippen LogP) is 5.05. The molecule has 0 aliphatic heterocycles. The molecule has 0 aliphatic carbocycles. The van der Waals surface area contributed by atoms with Gasteiger partial charge in [-0.2, -0.15) is 0 Å². The molecular weight excluding hydrogens is 426 g/mol. The summed E-state index contributed by atoms with van der Waals surface area (Å²) in [4.78, 5) is 19.8. The molecule has 1 aromatic carbocycles. The van der Waals surface area contributed by atoms with Gasteiger partial charge in [0.15, 0.2) is 23.0 Å². The van der Waals surface area contributed by atoms with E-state index in [-0.39, 0.29) is 11.6 Å². The standard InChI is InChI=1S/C24H23N3O4S/c1-3-27(24(28)20-14-22(31-26-20)18-8-10-25-11-9-18)15-17-6-7-21(23(13-17)29-2)30-16-19-5-4-12-32-19/h4-14H,3,15-16H2,1-2H3. The maximum absolute atomic E-state index is 13.0. The second kappa shape index (κ2) is 10.1. The largest absolute Gasteiger partial charge is 0.493 e. The van der Waals surface area contributed by atoms with Crippen LogP contribution in [0.5, 0.6) is 11.5 Å². The number of carbonyl (C=O) groups is 1. The highest BCUT2D eigenvalue weighted by molar-refractivity contribution is 7.09. The van der Waals surface area contributed by atoms with Crippen LogP contribution in [0, 0.1) is 0 Å². The third-order valence-corrected chi connectivity index (χ3v) is 5.76. The van der Waals surface area contributed by atoms with Crippen molar-refractivity contribution in [3.63, 3.8) is 0 Å². The zero-order valence-corrected chi connectivity index (χ0v) is 18.7. The number of hydrogen-bond donors (Lipinski definition) is 0. The van der Waals surface area contributed by atoms with Crippen molar-refractivity contribution in [1.29, 1.82) is 0 Å². The van der Waals surface area contributed by atoms with Crippen LogP contribution in [-0.2, 0) is 13.2 Å². The molecule has 4 rings (SSSR count). The topological polar surface area (TPSA) is 77.7 Å². The van der Waals surface area contributed by atoms with Gasteiger partial charge in [0, 0.05) is 42.0 Å². The zero-order chi connectivity index (χ0) is 22.3. The van der Waals surface area contributed by atoms with Crippen molar-refractivity contribution in [3.05, 3.63) is 82.4 Å². The lowest BCUT2D eigenvalue weighted by molar-refractivity contribution is 0.0742. The number of amides is 1. The molecule has 164 valence electrons. The first-order valence-electron chi connectivity index (χ1n) is 10.2. The van der Waals surface area contributed by atoms with Crippen LogP contribution in [0.15, 0.2) is 70.8 Å². The van der Waals surface area contributed by atoms with Gasteiger partial charge >= 0.3 is 0 Å². The molecule has 8 heteroatoms. The van der Waals surface area contributed by atoms with Crippen molar-refractivity contribution in [2.45, 2.75) is 20.1 Å². The Balaban J connectivity index is 1.45. The van der Waals surface area contributed by atoms with Crippen LogP contribution in [0.1, 0.15) is 27.9 Å². The number of methoxy groups -OCH3 is 1. The minimum Gasteiger partial charge on any atom is -0.493 e. The molecule has 0 saturated heterocycles. The van der Waals surface area contributed by atoms with Crippen molar-refractivity contribution in [3.8, 4) is 22.8 Å². The Bertz CT molecular complexity index is 1160. The van der Waals surface area contributed by atoms with E-state index in [4.69, 9.17) is 14.0 Å². The van der Waals surface area contributed by atoms with Crippen LogP contribution in [0.3, 0.4) is 0 Å². The van der Waals surface area contributed by atoms with Crippen LogP contribution in [0.2, 0.25) is 0 Å². The monoisotopic (exact) mass is 449 g/mol. The van der Waals surface area contributed by atoms with E-state index in [2.05, 4.69) is 10.1 Å². The summed E-state index contributed by atoms with van der Waals surface area (Å²) in [5, 5.41) is 5.99. The fourth-order valence-electron chi connectivity index (χ4n) is 3.21. The lowest BCUT2D eigenvalue weighted by Crippen LogP contribution is -2.30. The summed E-state index contributed by atoms with van der Waals surface area (Å²) >= 11 is 1.64. The minimum atomic E-state index is -0.200. The van der Waals surface area contributed by atoms with E-state index < -0.39 is 0 Å². The van der Waals surface area contributed by atoms with Gasteiger partial charge in [0.05, 0.1) is 7.11 Å². The maximum atomic E-state index is 13.0. The maximum Gasteiger partial charge on any atom is 0.276 e. The molecule has 0 spiro atoms. The van der Waals surface area contributed by atoms with Gasteiger partial charge in [-0.25, -0.2) is 0 Å². The smallest absolute Gasteiger partial charge is 0.276 e. The summed E-state index contributed by atoms with van der Waals surface area (Å²) in [7, 11) is 1.61. The first-order valence-corrected chi connectivity index (χ1v) is 11.0. The first-order chi connectivity index (χ1) is 15.7. The molecule has 4 aromatic rings. The van der Waals surface area contributed by atoms with Crippen molar-refractivity contribution >= 4 is 17.2 Å². The Morgan fingerprint density at radius 1 is 1.12 bits per heavy atom. The summed E-state index contributed by atoms with van der Waals surface area (Å²) in [6, 6.07) is 15.0. The van der Waals surface area contributed by atoms with Gasteiger partial charge in [-0.3, -0.25) is 9.78 Å². The Kier molecular flexibility index (Phi) is 6.81. The van der Waals surface area contributed by atoms with Gasteiger partial charge in [0.2, 0.25) is 0 Å². The fraction of sp³-hybridized carbons (Fsp3) is 0.208. The number of carbonyl (C=O) groups excluding carboxylic acids is 1. The quantitative estimate of drug-likeness (QED) is 0.356. The third kappa shape index (κ3) is 4.97. The van der Waals surface area contributed by atoms with Crippen molar-refractivity contribution < 1.29 is 18.8 Å². The molecule has 32 heavy (non-hydrogen) atoms. The average Bonchev–Trinajstić information content (AvgIpc) is 3.54. The van der Waals surface area contributed by atoms with E-state index in [0.29, 0.717) is 37.0 Å². The lowest BCUT2D eigenvalue weighted by Gasteiger charge is -2.20. The number of pyridine rings is 1. The third-order valence-electron chi connectivity index (χ3n) is 4.91. The number of benzene rings is 1. The van der Waals surface area contributed by atoms with E-state index in [1.165, 1.54) is 0 Å². The van der Waals surface area contributed by atoms with Gasteiger partial charge in [-0.15, -0.1) is 11.3 Å². The Hall–Kier alpha value is -3.65. The van der Waals surface area contributed by atoms with Crippen molar-refractivity contribution in [2.75, 3.05) is 13.7 Å². The van der Waals surface area contributed by atoms with Gasteiger partial charge in [0.1, 0.15) is 6.61 Å². The summed E-state index contributed by atoms with van der Waals surface area (Å²) in [6.07, 6.45) is 3.33. The first kappa shape index (κ1) is 21.6. The number of rotatable bonds is 9. The molecule has 0 fully saturated rings. The Morgan fingerprint density at radius 2 is 1.97 bits per heavy atom. The van der Waals surface area contributed by atoms with Crippen molar-refractivity contribution in [2.24, 2.45) is 0 Å². The summed E-state index contributed by atoms with van der Waals surface area (Å²) in [6.45, 7) is 3.35. The van der Waals surface area contributed by atoms with Crippen LogP contribution in [0.25, 0.3) is 11.3 Å². The number of nitrogens with zero attached hydrogens (tertiary/aromatic N) is 3. The van der Waals surface area contributed by atoms with Crippen LogP contribution >= 0.6 is 11.3 Å². The van der Waals surface area contributed by atoms with E-state index >= 15 is 0 Å². The van der Waals surface area contributed by atoms with Gasteiger partial charge in [0.25, 0.3) is 5.91 Å². The second-order valence-corrected chi connectivity index (χ2v) is 8.02. The molecule has 0 radical (unpaired) electrons. The number of thiophene rings is 1. The molecule has 1 amide bonds. The molecule has 3 heterocycles. The number of aromatic nitrogens is 2. The second-order valence-electron chi connectivity index (χ2n) is 6.98. The molecular formula is C24H23N3O4S. The normalized spacial score (nSPS) is 10.7. The van der Waals surface area contributed by atoms with Crippen molar-refractivity contribution in [1.82, 2.24) is 15.0 Å². The van der Waals surface area contributed by atoms with Gasteiger partial charge in [-0.1, -0.05) is 17.3 Å². The lowest BCUT2D eigenvalue weighted by atomic mass is 10.1. The molecule has 0 atom stereocenters. The fourth-order valence-corrected chi connectivity index (χ4v) is 3.83. The highest BCUT2D eigenvalue weighted by Gasteiger charge is 2.20. The minimum absolute atomic E-state index is 0.200. The van der Waals surface area contributed by atoms with E-state index in [1.54, 1.807) is 53.9 Å². The predicted molar refractivity (Wildman–Crippen MR) is 122 cm³/mol. The SMILES string of the molecule is CCN(Cc1ccc(OCc2cccs2)c(OC)c1)C(=O)c1cc(-c2ccncc2)on1. The Morgan fingerprint density at radius 3 is 2.69 bits per heavy atom. The molecule has 0 N–H and O–H groups in total. The molecule has 3 aromatic heterocycles. The molecule has 0 aliphatic rings. The summed E-state index contributed by atoms with van der Waals surface area (Å²) in [5.74, 6) is 1.62. The number of hydrogen-bond acceptors (Lipinski definition) is 7. The molecule has 0 bridgehead atoms. The molecule has 0 unspecified atom stereocenters. The highest BCUT2D eigenvalue weighted by atomic mass is 32.1. The van der Waals surface area contributed by atoms with E-state index in [1.807, 2.05) is 42.6 Å². The summed E-state index contributed by atoms with van der Waals surface area (Å²) in [5.41, 5.74) is 2.01. The van der Waals surface area contributed by atoms with E-state index in [0.717, 1.165) is 16.0 Å². The molecule has 7 nitrogen and oxygen atoms in total. The van der Waals surface area contributed by atoms with Gasteiger partial charge in [-0.05, 0) is 48.2 Å². The molecule has 0 saturated carbocycles. The van der Waals surface area contributed by atoms with Crippen LogP contribution in [-0.4, -0.2) is 34.6 Å². The van der Waals surface area contributed by atoms with Gasteiger partial charge < -0.3 is 18.9 Å².